The van der Waals surface area contributed by atoms with Gasteiger partial charge >= 0.3 is 6.09 Å². The number of benzene rings is 3. The third kappa shape index (κ3) is 8.32. The van der Waals surface area contributed by atoms with Gasteiger partial charge in [-0.1, -0.05) is 42.5 Å². The Balaban J connectivity index is 1.28. The molecule has 1 aromatic heterocycles. The molecule has 5 rings (SSSR count). The average molecular weight is 595 g/mol. The Morgan fingerprint density at radius 1 is 0.977 bits per heavy atom. The lowest BCUT2D eigenvalue weighted by atomic mass is 10.1. The number of carbonyl (C=O) groups is 2. The summed E-state index contributed by atoms with van der Waals surface area (Å²) < 4.78 is 11.1. The molecule has 0 saturated carbocycles. The Hall–Kier alpha value is -4.96. The van der Waals surface area contributed by atoms with Gasteiger partial charge in [0.15, 0.2) is 0 Å². The van der Waals surface area contributed by atoms with Crippen LogP contribution in [0.5, 0.6) is 0 Å². The van der Waals surface area contributed by atoms with Crippen molar-refractivity contribution in [3.05, 3.63) is 96.7 Å². The smallest absolute Gasteiger partial charge is 0.429 e. The van der Waals surface area contributed by atoms with Gasteiger partial charge in [-0.3, -0.25) is 5.43 Å². The second-order valence-corrected chi connectivity index (χ2v) is 11.5. The van der Waals surface area contributed by atoms with Crippen molar-refractivity contribution in [2.75, 3.05) is 41.9 Å². The van der Waals surface area contributed by atoms with Crippen LogP contribution in [0.4, 0.5) is 27.8 Å². The van der Waals surface area contributed by atoms with Gasteiger partial charge in [-0.25, -0.2) is 19.8 Å². The molecule has 4 aromatic rings. The molecule has 0 radical (unpaired) electrons. The molecular formula is C34H38N6O4. The predicted molar refractivity (Wildman–Crippen MR) is 172 cm³/mol. The number of morpholine rings is 1. The van der Waals surface area contributed by atoms with E-state index in [2.05, 4.69) is 32.8 Å². The number of amides is 1. The van der Waals surface area contributed by atoms with E-state index in [0.29, 0.717) is 18.1 Å². The topological polar surface area (TPSA) is 109 Å². The van der Waals surface area contributed by atoms with E-state index in [1.807, 2.05) is 72.8 Å². The van der Waals surface area contributed by atoms with E-state index in [4.69, 9.17) is 14.5 Å². The first-order chi connectivity index (χ1) is 21.3. The van der Waals surface area contributed by atoms with Crippen LogP contribution in [0.15, 0.2) is 91.1 Å². The summed E-state index contributed by atoms with van der Waals surface area (Å²) >= 11 is 0. The minimum atomic E-state index is -0.787. The fourth-order valence-electron chi connectivity index (χ4n) is 4.77. The van der Waals surface area contributed by atoms with Crippen molar-refractivity contribution in [1.82, 2.24) is 15.0 Å². The highest BCUT2D eigenvalue weighted by Crippen LogP contribution is 2.24. The minimum absolute atomic E-state index is 0.335. The number of hydrogen-bond acceptors (Lipinski definition) is 9. The van der Waals surface area contributed by atoms with Crippen molar-refractivity contribution in [1.29, 1.82) is 0 Å². The zero-order valence-corrected chi connectivity index (χ0v) is 25.3. The molecule has 1 fully saturated rings. The van der Waals surface area contributed by atoms with E-state index in [-0.39, 0.29) is 0 Å². The minimum Gasteiger partial charge on any atom is -0.442 e. The first-order valence-corrected chi connectivity index (χ1v) is 14.7. The predicted octanol–water partition coefficient (Wildman–Crippen LogP) is 6.10. The van der Waals surface area contributed by atoms with Crippen molar-refractivity contribution in [2.24, 2.45) is 0 Å². The SMILES string of the molecule is CC(C)(C)OC(=O)N(Nc1ccc(-c2ccnc(Nc3ccc(N4CCOCC4)cc3)n2)cc1)[C@@H](C=O)Cc1ccccc1. The molecule has 1 aliphatic rings. The van der Waals surface area contributed by atoms with Crippen LogP contribution < -0.4 is 15.6 Å². The lowest BCUT2D eigenvalue weighted by Crippen LogP contribution is -2.48. The monoisotopic (exact) mass is 594 g/mol. The molecule has 10 heteroatoms. The Morgan fingerprint density at radius 3 is 2.32 bits per heavy atom. The number of aromatic nitrogens is 2. The first-order valence-electron chi connectivity index (χ1n) is 14.7. The van der Waals surface area contributed by atoms with E-state index >= 15 is 0 Å². The Morgan fingerprint density at radius 2 is 1.66 bits per heavy atom. The molecule has 1 atom stereocenters. The zero-order valence-electron chi connectivity index (χ0n) is 25.3. The highest BCUT2D eigenvalue weighted by molar-refractivity contribution is 5.76. The molecule has 0 bridgehead atoms. The van der Waals surface area contributed by atoms with E-state index in [9.17, 15) is 9.59 Å². The van der Waals surface area contributed by atoms with Crippen LogP contribution in [0.2, 0.25) is 0 Å². The Labute approximate surface area is 258 Å². The van der Waals surface area contributed by atoms with Crippen molar-refractivity contribution in [3.8, 4) is 11.3 Å². The molecule has 1 aliphatic heterocycles. The molecule has 2 heterocycles. The summed E-state index contributed by atoms with van der Waals surface area (Å²) in [7, 11) is 0. The summed E-state index contributed by atoms with van der Waals surface area (Å²) in [5.74, 6) is 0.481. The van der Waals surface area contributed by atoms with Gasteiger partial charge in [0, 0.05) is 42.6 Å². The van der Waals surface area contributed by atoms with E-state index in [1.54, 1.807) is 27.0 Å². The van der Waals surface area contributed by atoms with Crippen molar-refractivity contribution in [3.63, 3.8) is 0 Å². The van der Waals surface area contributed by atoms with Crippen molar-refractivity contribution >= 4 is 35.4 Å². The highest BCUT2D eigenvalue weighted by Gasteiger charge is 2.29. The summed E-state index contributed by atoms with van der Waals surface area (Å²) in [6.07, 6.45) is 2.16. The van der Waals surface area contributed by atoms with Gasteiger partial charge in [-0.05, 0) is 68.8 Å². The summed E-state index contributed by atoms with van der Waals surface area (Å²) in [5, 5.41) is 4.53. The number of anilines is 4. The largest absolute Gasteiger partial charge is 0.442 e. The summed E-state index contributed by atoms with van der Waals surface area (Å²) in [6.45, 7) is 8.62. The lowest BCUT2D eigenvalue weighted by molar-refractivity contribution is -0.112. The molecule has 0 spiro atoms. The zero-order chi connectivity index (χ0) is 30.9. The maximum absolute atomic E-state index is 13.2. The molecule has 0 aliphatic carbocycles. The number of hydrazine groups is 1. The molecule has 0 unspecified atom stereocenters. The summed E-state index contributed by atoms with van der Waals surface area (Å²) in [4.78, 5) is 36.8. The average Bonchev–Trinajstić information content (AvgIpc) is 3.03. The molecule has 228 valence electrons. The van der Waals surface area contributed by atoms with E-state index < -0.39 is 17.7 Å². The van der Waals surface area contributed by atoms with Crippen LogP contribution in [0.3, 0.4) is 0 Å². The quantitative estimate of drug-likeness (QED) is 0.166. The molecule has 2 N–H and O–H groups in total. The molecule has 44 heavy (non-hydrogen) atoms. The standard InChI is InChI=1S/C34H38N6O4/c1-34(2,3)44-33(42)40(30(24-41)23-25-7-5-4-6-8-25)38-28-11-9-26(10-12-28)31-17-18-35-32(37-31)36-27-13-15-29(16-14-27)39-19-21-43-22-20-39/h4-18,24,30,38H,19-23H2,1-3H3,(H,35,36,37)/t30-/m1/s1. The second kappa shape index (κ2) is 14.0. The van der Waals surface area contributed by atoms with E-state index in [0.717, 1.165) is 60.8 Å². The summed E-state index contributed by atoms with van der Waals surface area (Å²) in [5.41, 5.74) is 7.56. The van der Waals surface area contributed by atoms with Crippen LogP contribution in [-0.2, 0) is 20.7 Å². The maximum Gasteiger partial charge on any atom is 0.429 e. The fourth-order valence-corrected chi connectivity index (χ4v) is 4.77. The lowest BCUT2D eigenvalue weighted by Gasteiger charge is -2.31. The molecule has 1 saturated heterocycles. The number of aldehydes is 1. The van der Waals surface area contributed by atoms with Crippen LogP contribution in [-0.4, -0.2) is 65.3 Å². The van der Waals surface area contributed by atoms with Gasteiger partial charge in [-0.2, -0.15) is 0 Å². The van der Waals surface area contributed by atoms with Crippen LogP contribution in [0.1, 0.15) is 26.3 Å². The number of nitrogens with one attached hydrogen (secondary N) is 2. The number of ether oxygens (including phenoxy) is 2. The number of carbonyl (C=O) groups excluding carboxylic acids is 2. The second-order valence-electron chi connectivity index (χ2n) is 11.5. The number of hydrogen-bond donors (Lipinski definition) is 2. The maximum atomic E-state index is 13.2. The normalized spacial score (nSPS) is 13.9. The van der Waals surface area contributed by atoms with Gasteiger partial charge in [0.1, 0.15) is 17.9 Å². The molecule has 10 nitrogen and oxygen atoms in total. The molecular weight excluding hydrogens is 556 g/mol. The highest BCUT2D eigenvalue weighted by atomic mass is 16.6. The fraction of sp³-hybridized carbons (Fsp3) is 0.294. The van der Waals surface area contributed by atoms with Crippen molar-refractivity contribution < 1.29 is 19.1 Å². The van der Waals surface area contributed by atoms with E-state index in [1.165, 1.54) is 5.01 Å². The molecule has 3 aromatic carbocycles. The van der Waals surface area contributed by atoms with Crippen LogP contribution in [0, 0.1) is 0 Å². The number of rotatable bonds is 10. The molecule has 1 amide bonds. The summed E-state index contributed by atoms with van der Waals surface area (Å²) in [6, 6.07) is 26.2. The van der Waals surface area contributed by atoms with Gasteiger partial charge in [-0.15, -0.1) is 0 Å². The van der Waals surface area contributed by atoms with Gasteiger partial charge in [0.2, 0.25) is 5.95 Å². The Kier molecular flexibility index (Phi) is 9.71. The van der Waals surface area contributed by atoms with Crippen LogP contribution in [0.25, 0.3) is 11.3 Å². The third-order valence-corrected chi connectivity index (χ3v) is 6.95. The van der Waals surface area contributed by atoms with Crippen LogP contribution >= 0.6 is 0 Å². The van der Waals surface area contributed by atoms with Gasteiger partial charge in [0.25, 0.3) is 0 Å². The van der Waals surface area contributed by atoms with Gasteiger partial charge < -0.3 is 24.5 Å². The van der Waals surface area contributed by atoms with Gasteiger partial charge in [0.05, 0.1) is 24.6 Å². The Bertz CT molecular complexity index is 1520. The third-order valence-electron chi connectivity index (χ3n) is 6.95. The van der Waals surface area contributed by atoms with Crippen molar-refractivity contribution in [2.45, 2.75) is 38.8 Å². The first kappa shape index (κ1) is 30.5. The number of nitrogens with zero attached hydrogens (tertiary/aromatic N) is 4.